The normalized spacial score (nSPS) is 15.2. The molecule has 0 bridgehead atoms. The van der Waals surface area contributed by atoms with E-state index < -0.39 is 0 Å². The van der Waals surface area contributed by atoms with Gasteiger partial charge in [-0.3, -0.25) is 9.59 Å². The van der Waals surface area contributed by atoms with Gasteiger partial charge in [0.15, 0.2) is 0 Å². The van der Waals surface area contributed by atoms with Crippen LogP contribution in [0.1, 0.15) is 12.8 Å². The number of carbonyl (C=O) groups is 2. The highest BCUT2D eigenvalue weighted by molar-refractivity contribution is 6.14. The van der Waals surface area contributed by atoms with E-state index >= 15 is 0 Å². The molecule has 0 fully saturated rings. The van der Waals surface area contributed by atoms with E-state index in [2.05, 4.69) is 13.2 Å². The summed E-state index contributed by atoms with van der Waals surface area (Å²) in [6, 6.07) is 0. The first-order valence-electron chi connectivity index (χ1n) is 4.01. The van der Waals surface area contributed by atoms with E-state index in [9.17, 15) is 9.59 Å². The molecular formula is C10H11NO2. The van der Waals surface area contributed by atoms with Gasteiger partial charge in [0.1, 0.15) is 0 Å². The second kappa shape index (κ2) is 3.85. The van der Waals surface area contributed by atoms with Crippen LogP contribution in [0.2, 0.25) is 0 Å². The lowest BCUT2D eigenvalue weighted by Crippen LogP contribution is -2.28. The summed E-state index contributed by atoms with van der Waals surface area (Å²) in [5, 5.41) is 0. The number of hydrogen-bond donors (Lipinski definition) is 0. The molecule has 0 radical (unpaired) electrons. The lowest BCUT2D eigenvalue weighted by Gasteiger charge is -2.15. The molecule has 0 aromatic carbocycles. The van der Waals surface area contributed by atoms with Gasteiger partial charge < -0.3 is 0 Å². The maximum absolute atomic E-state index is 11.1. The highest BCUT2D eigenvalue weighted by Crippen LogP contribution is 2.15. The SMILES string of the molecule is C=CCCC(=C)N1C(=O)C=CC1=O. The minimum Gasteiger partial charge on any atom is -0.269 e. The van der Waals surface area contributed by atoms with E-state index in [-0.39, 0.29) is 11.8 Å². The van der Waals surface area contributed by atoms with Gasteiger partial charge in [-0.1, -0.05) is 12.7 Å². The topological polar surface area (TPSA) is 37.4 Å². The molecule has 1 rings (SSSR count). The van der Waals surface area contributed by atoms with Crippen LogP contribution in [-0.4, -0.2) is 16.7 Å². The predicted molar refractivity (Wildman–Crippen MR) is 49.6 cm³/mol. The Balaban J connectivity index is 2.62. The number of allylic oxidation sites excluding steroid dienone is 2. The van der Waals surface area contributed by atoms with Crippen molar-refractivity contribution in [3.05, 3.63) is 37.1 Å². The summed E-state index contributed by atoms with van der Waals surface area (Å²) < 4.78 is 0. The molecule has 3 nitrogen and oxygen atoms in total. The Kier molecular flexibility index (Phi) is 2.80. The van der Waals surface area contributed by atoms with Crippen molar-refractivity contribution in [2.75, 3.05) is 0 Å². The largest absolute Gasteiger partial charge is 0.269 e. The first kappa shape index (κ1) is 9.45. The fourth-order valence-electron chi connectivity index (χ4n) is 1.09. The highest BCUT2D eigenvalue weighted by Gasteiger charge is 2.24. The molecule has 0 unspecified atom stereocenters. The van der Waals surface area contributed by atoms with Crippen LogP contribution >= 0.6 is 0 Å². The van der Waals surface area contributed by atoms with Crippen LogP contribution in [0.15, 0.2) is 37.1 Å². The molecule has 0 aliphatic carbocycles. The Morgan fingerprint density at radius 1 is 1.38 bits per heavy atom. The summed E-state index contributed by atoms with van der Waals surface area (Å²) in [4.78, 5) is 23.3. The maximum atomic E-state index is 11.1. The molecular weight excluding hydrogens is 166 g/mol. The van der Waals surface area contributed by atoms with E-state index in [0.29, 0.717) is 12.1 Å². The number of rotatable bonds is 4. The average molecular weight is 177 g/mol. The fourth-order valence-corrected chi connectivity index (χ4v) is 1.09. The summed E-state index contributed by atoms with van der Waals surface area (Å²) in [5.41, 5.74) is 0.528. The maximum Gasteiger partial charge on any atom is 0.257 e. The summed E-state index contributed by atoms with van der Waals surface area (Å²) in [7, 11) is 0. The van der Waals surface area contributed by atoms with Gasteiger partial charge in [0, 0.05) is 17.8 Å². The first-order valence-corrected chi connectivity index (χ1v) is 4.01. The Morgan fingerprint density at radius 2 is 1.92 bits per heavy atom. The van der Waals surface area contributed by atoms with E-state index in [1.165, 1.54) is 12.2 Å². The number of nitrogens with zero attached hydrogens (tertiary/aromatic N) is 1. The van der Waals surface area contributed by atoms with E-state index in [4.69, 9.17) is 0 Å². The van der Waals surface area contributed by atoms with E-state index in [1.54, 1.807) is 6.08 Å². The lowest BCUT2D eigenvalue weighted by atomic mass is 10.2. The van der Waals surface area contributed by atoms with Gasteiger partial charge in [0.2, 0.25) is 0 Å². The van der Waals surface area contributed by atoms with Crippen LogP contribution in [0.4, 0.5) is 0 Å². The number of carbonyl (C=O) groups excluding carboxylic acids is 2. The van der Waals surface area contributed by atoms with Crippen molar-refractivity contribution in [3.8, 4) is 0 Å². The minimum atomic E-state index is -0.306. The van der Waals surface area contributed by atoms with Crippen molar-refractivity contribution in [1.82, 2.24) is 4.90 Å². The molecule has 0 aromatic rings. The average Bonchev–Trinajstić information content (AvgIpc) is 2.42. The van der Waals surface area contributed by atoms with Crippen LogP contribution in [0, 0.1) is 0 Å². The molecule has 0 atom stereocenters. The molecule has 68 valence electrons. The van der Waals surface area contributed by atoms with Gasteiger partial charge >= 0.3 is 0 Å². The summed E-state index contributed by atoms with van der Waals surface area (Å²) >= 11 is 0. The smallest absolute Gasteiger partial charge is 0.257 e. The molecule has 3 heteroatoms. The Labute approximate surface area is 77.0 Å². The van der Waals surface area contributed by atoms with Gasteiger partial charge in [-0.15, -0.1) is 6.58 Å². The third kappa shape index (κ3) is 1.93. The molecule has 2 amide bonds. The molecule has 1 aliphatic rings. The third-order valence-electron chi connectivity index (χ3n) is 1.76. The zero-order valence-corrected chi connectivity index (χ0v) is 7.32. The summed E-state index contributed by atoms with van der Waals surface area (Å²) in [6.07, 6.45) is 5.53. The molecule has 1 heterocycles. The van der Waals surface area contributed by atoms with Crippen molar-refractivity contribution in [3.63, 3.8) is 0 Å². The molecule has 1 aliphatic heterocycles. The Hall–Kier alpha value is -1.64. The number of hydrogen-bond acceptors (Lipinski definition) is 2. The standard InChI is InChI=1S/C10H11NO2/c1-3-4-5-8(2)11-9(12)6-7-10(11)13/h3,6-7H,1-2,4-5H2. The second-order valence-electron chi connectivity index (χ2n) is 2.74. The van der Waals surface area contributed by atoms with Gasteiger partial charge in [0.25, 0.3) is 11.8 Å². The number of amides is 2. The first-order chi connectivity index (χ1) is 6.16. The van der Waals surface area contributed by atoms with E-state index in [1.807, 2.05) is 0 Å². The van der Waals surface area contributed by atoms with Crippen molar-refractivity contribution < 1.29 is 9.59 Å². The fraction of sp³-hybridized carbons (Fsp3) is 0.200. The molecule has 0 aromatic heterocycles. The minimum absolute atomic E-state index is 0.306. The summed E-state index contributed by atoms with van der Waals surface area (Å²) in [6.45, 7) is 7.22. The van der Waals surface area contributed by atoms with Crippen molar-refractivity contribution in [2.24, 2.45) is 0 Å². The monoisotopic (exact) mass is 177 g/mol. The van der Waals surface area contributed by atoms with Crippen molar-refractivity contribution >= 4 is 11.8 Å². The zero-order chi connectivity index (χ0) is 9.84. The molecule has 0 saturated carbocycles. The van der Waals surface area contributed by atoms with Gasteiger partial charge in [-0.05, 0) is 12.8 Å². The Morgan fingerprint density at radius 3 is 2.38 bits per heavy atom. The molecule has 13 heavy (non-hydrogen) atoms. The zero-order valence-electron chi connectivity index (χ0n) is 7.32. The van der Waals surface area contributed by atoms with E-state index in [0.717, 1.165) is 11.3 Å². The van der Waals surface area contributed by atoms with Crippen molar-refractivity contribution in [1.29, 1.82) is 0 Å². The van der Waals surface area contributed by atoms with Gasteiger partial charge in [0.05, 0.1) is 0 Å². The predicted octanol–water partition coefficient (Wildman–Crippen LogP) is 1.39. The van der Waals surface area contributed by atoms with Crippen molar-refractivity contribution in [2.45, 2.75) is 12.8 Å². The second-order valence-corrected chi connectivity index (χ2v) is 2.74. The third-order valence-corrected chi connectivity index (χ3v) is 1.76. The highest BCUT2D eigenvalue weighted by atomic mass is 16.2. The molecule has 0 N–H and O–H groups in total. The van der Waals surface area contributed by atoms with Crippen LogP contribution in [0.25, 0.3) is 0 Å². The van der Waals surface area contributed by atoms with Gasteiger partial charge in [-0.25, -0.2) is 4.90 Å². The van der Waals surface area contributed by atoms with Crippen LogP contribution < -0.4 is 0 Å². The van der Waals surface area contributed by atoms with Crippen LogP contribution in [-0.2, 0) is 9.59 Å². The Bertz CT molecular complexity index is 284. The quantitative estimate of drug-likeness (QED) is 0.480. The molecule has 0 spiro atoms. The number of imide groups is 1. The lowest BCUT2D eigenvalue weighted by molar-refractivity contribution is -0.134. The molecule has 0 saturated heterocycles. The summed E-state index contributed by atoms with van der Waals surface area (Å²) in [5.74, 6) is -0.613. The van der Waals surface area contributed by atoms with Crippen LogP contribution in [0.3, 0.4) is 0 Å². The van der Waals surface area contributed by atoms with Gasteiger partial charge in [-0.2, -0.15) is 0 Å². The van der Waals surface area contributed by atoms with Crippen LogP contribution in [0.5, 0.6) is 0 Å².